The Morgan fingerprint density at radius 3 is 0.915 bits per heavy atom. The lowest BCUT2D eigenvalue weighted by Gasteiger charge is -2.18. The molecular weight excluding hydrogens is 877 g/mol. The molecule has 1 unspecified atom stereocenters. The van der Waals surface area contributed by atoms with Crippen LogP contribution in [0.4, 0.5) is 0 Å². The van der Waals surface area contributed by atoms with E-state index < -0.39 is 12.1 Å². The third-order valence-electron chi connectivity index (χ3n) is 12.6. The number of carbonyl (C=O) groups is 3. The molecule has 0 aromatic carbocycles. The van der Waals surface area contributed by atoms with Crippen LogP contribution in [0.5, 0.6) is 0 Å². The highest BCUT2D eigenvalue weighted by atomic mass is 16.6. The van der Waals surface area contributed by atoms with Gasteiger partial charge in [0.2, 0.25) is 0 Å². The molecule has 71 heavy (non-hydrogen) atoms. The SMILES string of the molecule is CC/C=C\C/C=C\C/C=C\C/C=C\C/C=C\C/C=C\CCC(=O)OC(COC(=O)CCCCCCCCC)COC(=O)CCCCCCCCCCCCCCCCC/C=C\C/C=C\CCCCCCC. The lowest BCUT2D eigenvalue weighted by Crippen LogP contribution is -2.30. The van der Waals surface area contributed by atoms with Gasteiger partial charge in [0.1, 0.15) is 13.2 Å². The summed E-state index contributed by atoms with van der Waals surface area (Å²) in [5.74, 6) is -0.995. The van der Waals surface area contributed by atoms with Crippen LogP contribution in [0.15, 0.2) is 97.2 Å². The van der Waals surface area contributed by atoms with Crippen molar-refractivity contribution in [2.75, 3.05) is 13.2 Å². The molecule has 0 saturated carbocycles. The summed E-state index contributed by atoms with van der Waals surface area (Å²) in [7, 11) is 0. The fourth-order valence-electron chi connectivity index (χ4n) is 8.15. The van der Waals surface area contributed by atoms with Crippen molar-refractivity contribution in [1.29, 1.82) is 0 Å². The molecule has 0 aromatic rings. The Bertz CT molecular complexity index is 1410. The molecule has 6 heteroatoms. The minimum atomic E-state index is -0.815. The zero-order chi connectivity index (χ0) is 51.4. The molecule has 0 aromatic heterocycles. The highest BCUT2D eigenvalue weighted by molar-refractivity contribution is 5.71. The predicted molar refractivity (Wildman–Crippen MR) is 307 cm³/mol. The van der Waals surface area contributed by atoms with Gasteiger partial charge in [0, 0.05) is 19.3 Å². The average Bonchev–Trinajstić information content (AvgIpc) is 3.37. The van der Waals surface area contributed by atoms with Gasteiger partial charge in [-0.05, 0) is 89.9 Å². The molecule has 0 radical (unpaired) electrons. The molecule has 0 spiro atoms. The Balaban J connectivity index is 4.21. The van der Waals surface area contributed by atoms with E-state index in [1.807, 2.05) is 12.2 Å². The fourth-order valence-corrected chi connectivity index (χ4v) is 8.15. The van der Waals surface area contributed by atoms with Crippen molar-refractivity contribution in [1.82, 2.24) is 0 Å². The number of esters is 3. The normalized spacial score (nSPS) is 12.8. The lowest BCUT2D eigenvalue weighted by atomic mass is 10.0. The van der Waals surface area contributed by atoms with Gasteiger partial charge in [-0.25, -0.2) is 0 Å². The number of hydrogen-bond donors (Lipinski definition) is 0. The molecule has 0 aliphatic carbocycles. The molecule has 0 saturated heterocycles. The number of unbranched alkanes of at least 4 members (excludes halogenated alkanes) is 26. The number of hydrogen-bond acceptors (Lipinski definition) is 6. The van der Waals surface area contributed by atoms with E-state index in [9.17, 15) is 14.4 Å². The monoisotopic (exact) mass is 987 g/mol. The number of allylic oxidation sites excluding steroid dienone is 16. The maximum absolute atomic E-state index is 12.8. The van der Waals surface area contributed by atoms with Gasteiger partial charge in [-0.15, -0.1) is 0 Å². The van der Waals surface area contributed by atoms with E-state index in [2.05, 4.69) is 106 Å². The first-order valence-electron chi connectivity index (χ1n) is 29.7. The van der Waals surface area contributed by atoms with Gasteiger partial charge in [-0.3, -0.25) is 14.4 Å². The number of ether oxygens (including phenoxy) is 3. The first-order chi connectivity index (χ1) is 35.0. The molecule has 0 aliphatic rings. The molecule has 0 aliphatic heterocycles. The molecule has 406 valence electrons. The smallest absolute Gasteiger partial charge is 0.306 e. The van der Waals surface area contributed by atoms with E-state index in [4.69, 9.17) is 14.2 Å². The minimum Gasteiger partial charge on any atom is -0.462 e. The summed E-state index contributed by atoms with van der Waals surface area (Å²) in [4.78, 5) is 37.9. The Morgan fingerprint density at radius 1 is 0.296 bits per heavy atom. The van der Waals surface area contributed by atoms with Crippen LogP contribution in [0.2, 0.25) is 0 Å². The van der Waals surface area contributed by atoms with Gasteiger partial charge in [-0.2, -0.15) is 0 Å². The highest BCUT2D eigenvalue weighted by Gasteiger charge is 2.19. The summed E-state index contributed by atoms with van der Waals surface area (Å²) in [6.45, 7) is 6.42. The standard InChI is InChI=1S/C65H110O6/c1-4-7-10-13-16-18-20-22-24-26-28-29-30-31-32-33-34-35-37-38-40-42-44-46-49-52-55-58-64(67)70-61-62(60-69-63(66)57-54-51-48-15-12-9-6-3)71-65(68)59-56-53-50-47-45-43-41-39-36-27-25-23-21-19-17-14-11-8-5-2/h8,11,17,19-20,22-23,25-26,28,36,39,43,45,50,53,62H,4-7,9-10,12-16,18,21,24,27,29-35,37-38,40-42,44,46-49,51-52,54-61H2,1-3H3/b11-8-,19-17-,22-20-,25-23-,28-26-,39-36-,45-43-,53-50-. The summed E-state index contributed by atoms with van der Waals surface area (Å²) in [6, 6.07) is 0. The van der Waals surface area contributed by atoms with Crippen molar-refractivity contribution in [2.24, 2.45) is 0 Å². The summed E-state index contributed by atoms with van der Waals surface area (Å²) in [6.07, 6.45) is 78.8. The molecule has 0 heterocycles. The Morgan fingerprint density at radius 2 is 0.577 bits per heavy atom. The second-order valence-electron chi connectivity index (χ2n) is 19.5. The molecule has 0 rings (SSSR count). The van der Waals surface area contributed by atoms with E-state index in [1.165, 1.54) is 148 Å². The summed E-state index contributed by atoms with van der Waals surface area (Å²) < 4.78 is 16.7. The first-order valence-corrected chi connectivity index (χ1v) is 29.7. The van der Waals surface area contributed by atoms with Gasteiger partial charge in [0.15, 0.2) is 6.10 Å². The zero-order valence-electron chi connectivity index (χ0n) is 46.5. The molecule has 0 amide bonds. The summed E-state index contributed by atoms with van der Waals surface area (Å²) in [5, 5.41) is 0. The molecule has 1 atom stereocenters. The minimum absolute atomic E-state index is 0.106. The van der Waals surface area contributed by atoms with Crippen LogP contribution in [-0.4, -0.2) is 37.2 Å². The van der Waals surface area contributed by atoms with E-state index in [-0.39, 0.29) is 31.6 Å². The second kappa shape index (κ2) is 58.9. The molecular formula is C65H110O6. The van der Waals surface area contributed by atoms with E-state index in [0.29, 0.717) is 19.3 Å². The lowest BCUT2D eigenvalue weighted by molar-refractivity contribution is -0.166. The third-order valence-corrected chi connectivity index (χ3v) is 12.6. The van der Waals surface area contributed by atoms with Gasteiger partial charge in [-0.1, -0.05) is 266 Å². The number of carbonyl (C=O) groups excluding carboxylic acids is 3. The van der Waals surface area contributed by atoms with Crippen molar-refractivity contribution >= 4 is 17.9 Å². The van der Waals surface area contributed by atoms with Crippen molar-refractivity contribution in [3.63, 3.8) is 0 Å². The Kier molecular flexibility index (Phi) is 55.9. The maximum atomic E-state index is 12.8. The van der Waals surface area contributed by atoms with Crippen molar-refractivity contribution in [2.45, 2.75) is 284 Å². The van der Waals surface area contributed by atoms with E-state index in [1.54, 1.807) is 0 Å². The van der Waals surface area contributed by atoms with E-state index in [0.717, 1.165) is 83.5 Å². The third kappa shape index (κ3) is 57.1. The first kappa shape index (κ1) is 67.3. The fraction of sp³-hybridized carbons (Fsp3) is 0.708. The molecule has 6 nitrogen and oxygen atoms in total. The van der Waals surface area contributed by atoms with Crippen molar-refractivity contribution < 1.29 is 28.6 Å². The number of rotatable bonds is 53. The van der Waals surface area contributed by atoms with Crippen LogP contribution in [0, 0.1) is 0 Å². The largest absolute Gasteiger partial charge is 0.462 e. The van der Waals surface area contributed by atoms with Gasteiger partial charge in [0.05, 0.1) is 0 Å². The zero-order valence-corrected chi connectivity index (χ0v) is 46.5. The van der Waals surface area contributed by atoms with Crippen LogP contribution >= 0.6 is 0 Å². The average molecular weight is 988 g/mol. The van der Waals surface area contributed by atoms with Gasteiger partial charge < -0.3 is 14.2 Å². The van der Waals surface area contributed by atoms with Gasteiger partial charge >= 0.3 is 17.9 Å². The van der Waals surface area contributed by atoms with Crippen LogP contribution < -0.4 is 0 Å². The molecule has 0 N–H and O–H groups in total. The van der Waals surface area contributed by atoms with Crippen LogP contribution in [0.3, 0.4) is 0 Å². The topological polar surface area (TPSA) is 78.9 Å². The van der Waals surface area contributed by atoms with Crippen molar-refractivity contribution in [3.8, 4) is 0 Å². The highest BCUT2D eigenvalue weighted by Crippen LogP contribution is 2.16. The van der Waals surface area contributed by atoms with Crippen LogP contribution in [-0.2, 0) is 28.6 Å². The maximum Gasteiger partial charge on any atom is 0.306 e. The quantitative estimate of drug-likeness (QED) is 0.0261. The van der Waals surface area contributed by atoms with Crippen molar-refractivity contribution in [3.05, 3.63) is 97.2 Å². The predicted octanol–water partition coefficient (Wildman–Crippen LogP) is 20.1. The summed E-state index contributed by atoms with van der Waals surface area (Å²) in [5.41, 5.74) is 0. The van der Waals surface area contributed by atoms with E-state index >= 15 is 0 Å². The molecule has 0 fully saturated rings. The van der Waals surface area contributed by atoms with Crippen LogP contribution in [0.1, 0.15) is 278 Å². The second-order valence-corrected chi connectivity index (χ2v) is 19.5. The van der Waals surface area contributed by atoms with Crippen LogP contribution in [0.25, 0.3) is 0 Å². The Labute approximate surface area is 438 Å². The summed E-state index contributed by atoms with van der Waals surface area (Å²) >= 11 is 0. The Hall–Kier alpha value is -3.67. The molecule has 0 bridgehead atoms. The van der Waals surface area contributed by atoms with Gasteiger partial charge in [0.25, 0.3) is 0 Å².